The highest BCUT2D eigenvalue weighted by atomic mass is 32.1. The highest BCUT2D eigenvalue weighted by molar-refractivity contribution is 7.09. The first-order chi connectivity index (χ1) is 11.1. The van der Waals surface area contributed by atoms with Crippen molar-refractivity contribution in [3.05, 3.63) is 45.9 Å². The summed E-state index contributed by atoms with van der Waals surface area (Å²) in [6.07, 6.45) is 0. The molecular weight excluding hydrogens is 308 g/mol. The number of hydrogen-bond acceptors (Lipinski definition) is 4. The summed E-state index contributed by atoms with van der Waals surface area (Å²) in [5.41, 5.74) is 2.29. The van der Waals surface area contributed by atoms with E-state index >= 15 is 0 Å². The quantitative estimate of drug-likeness (QED) is 0.630. The second kappa shape index (κ2) is 8.53. The Balaban J connectivity index is 1.85. The van der Waals surface area contributed by atoms with E-state index in [-0.39, 0.29) is 0 Å². The Labute approximate surface area is 141 Å². The summed E-state index contributed by atoms with van der Waals surface area (Å²) >= 11 is 1.68. The molecular formula is C17H24N4OS. The van der Waals surface area contributed by atoms with E-state index < -0.39 is 0 Å². The number of methoxy groups -OCH3 is 1. The molecule has 6 heteroatoms. The number of benzene rings is 1. The second-order valence-corrected chi connectivity index (χ2v) is 6.39. The standard InChI is InChI=1S/C17H24N4OS/c1-12(2)15-11-23-16(21-15)10-20-17(18-3)19-9-13-6-5-7-14(8-13)22-4/h5-8,11-12H,9-10H2,1-4H3,(H2,18,19,20). The highest BCUT2D eigenvalue weighted by Gasteiger charge is 2.06. The van der Waals surface area contributed by atoms with Gasteiger partial charge < -0.3 is 15.4 Å². The lowest BCUT2D eigenvalue weighted by molar-refractivity contribution is 0.414. The molecule has 0 unspecified atom stereocenters. The molecule has 0 aliphatic heterocycles. The van der Waals surface area contributed by atoms with Gasteiger partial charge in [-0.05, 0) is 23.6 Å². The van der Waals surface area contributed by atoms with Crippen molar-refractivity contribution in [3.63, 3.8) is 0 Å². The average Bonchev–Trinajstić information content (AvgIpc) is 3.04. The van der Waals surface area contributed by atoms with Crippen molar-refractivity contribution in [2.45, 2.75) is 32.9 Å². The number of aromatic nitrogens is 1. The van der Waals surface area contributed by atoms with Gasteiger partial charge in [-0.3, -0.25) is 4.99 Å². The van der Waals surface area contributed by atoms with E-state index in [0.29, 0.717) is 19.0 Å². The van der Waals surface area contributed by atoms with Crippen molar-refractivity contribution in [3.8, 4) is 5.75 Å². The molecule has 124 valence electrons. The van der Waals surface area contributed by atoms with Gasteiger partial charge in [-0.2, -0.15) is 0 Å². The molecule has 5 nitrogen and oxygen atoms in total. The second-order valence-electron chi connectivity index (χ2n) is 5.45. The maximum Gasteiger partial charge on any atom is 0.191 e. The molecule has 23 heavy (non-hydrogen) atoms. The third kappa shape index (κ3) is 5.25. The van der Waals surface area contributed by atoms with Crippen LogP contribution in [-0.4, -0.2) is 25.1 Å². The van der Waals surface area contributed by atoms with Crippen LogP contribution in [0.4, 0.5) is 0 Å². The van der Waals surface area contributed by atoms with Crippen LogP contribution in [-0.2, 0) is 13.1 Å². The molecule has 0 saturated carbocycles. The van der Waals surface area contributed by atoms with Crippen LogP contribution in [0.5, 0.6) is 5.75 Å². The van der Waals surface area contributed by atoms with Gasteiger partial charge in [0.2, 0.25) is 0 Å². The molecule has 0 radical (unpaired) electrons. The summed E-state index contributed by atoms with van der Waals surface area (Å²) in [4.78, 5) is 8.86. The Morgan fingerprint density at radius 2 is 2.09 bits per heavy atom. The topological polar surface area (TPSA) is 58.5 Å². The first kappa shape index (κ1) is 17.3. The third-order valence-electron chi connectivity index (χ3n) is 3.39. The number of rotatable bonds is 6. The fourth-order valence-electron chi connectivity index (χ4n) is 2.02. The molecule has 0 fully saturated rings. The minimum absolute atomic E-state index is 0.463. The number of ether oxygens (including phenoxy) is 1. The number of nitrogens with zero attached hydrogens (tertiary/aromatic N) is 2. The molecule has 1 heterocycles. The zero-order chi connectivity index (χ0) is 16.7. The Morgan fingerprint density at radius 3 is 2.74 bits per heavy atom. The molecule has 1 aromatic carbocycles. The molecule has 0 aliphatic carbocycles. The minimum Gasteiger partial charge on any atom is -0.497 e. The predicted octanol–water partition coefficient (Wildman–Crippen LogP) is 3.14. The summed E-state index contributed by atoms with van der Waals surface area (Å²) in [5, 5.41) is 9.78. The minimum atomic E-state index is 0.463. The molecule has 2 aromatic rings. The van der Waals surface area contributed by atoms with E-state index in [1.54, 1.807) is 25.5 Å². The Bertz CT molecular complexity index is 652. The maximum atomic E-state index is 5.23. The van der Waals surface area contributed by atoms with Crippen LogP contribution in [0.25, 0.3) is 0 Å². The summed E-state index contributed by atoms with van der Waals surface area (Å²) in [6.45, 7) is 5.67. The molecule has 0 saturated heterocycles. The van der Waals surface area contributed by atoms with E-state index in [2.05, 4.69) is 45.9 Å². The maximum absolute atomic E-state index is 5.23. The summed E-state index contributed by atoms with van der Waals surface area (Å²) in [5.74, 6) is 2.08. The van der Waals surface area contributed by atoms with Crippen LogP contribution >= 0.6 is 11.3 Å². The van der Waals surface area contributed by atoms with Crippen LogP contribution in [0.2, 0.25) is 0 Å². The molecule has 1 aromatic heterocycles. The van der Waals surface area contributed by atoms with Gasteiger partial charge in [0.15, 0.2) is 5.96 Å². The smallest absolute Gasteiger partial charge is 0.191 e. The van der Waals surface area contributed by atoms with Gasteiger partial charge in [0.25, 0.3) is 0 Å². The van der Waals surface area contributed by atoms with E-state index in [1.165, 1.54) is 0 Å². The van der Waals surface area contributed by atoms with Crippen molar-refractivity contribution in [2.24, 2.45) is 4.99 Å². The van der Waals surface area contributed by atoms with Crippen LogP contribution < -0.4 is 15.4 Å². The molecule has 2 N–H and O–H groups in total. The zero-order valence-electron chi connectivity index (χ0n) is 14.1. The molecule has 0 spiro atoms. The first-order valence-corrected chi connectivity index (χ1v) is 8.52. The van der Waals surface area contributed by atoms with E-state index in [9.17, 15) is 0 Å². The van der Waals surface area contributed by atoms with Crippen molar-refractivity contribution >= 4 is 17.3 Å². The fraction of sp³-hybridized carbons (Fsp3) is 0.412. The molecule has 0 bridgehead atoms. The Hall–Kier alpha value is -2.08. The average molecular weight is 332 g/mol. The van der Waals surface area contributed by atoms with Crippen LogP contribution in [0.15, 0.2) is 34.6 Å². The number of aliphatic imine (C=N–C) groups is 1. The zero-order valence-corrected chi connectivity index (χ0v) is 14.9. The highest BCUT2D eigenvalue weighted by Crippen LogP contribution is 2.17. The van der Waals surface area contributed by atoms with Gasteiger partial charge in [0.1, 0.15) is 10.8 Å². The number of thiazole rings is 1. The Kier molecular flexibility index (Phi) is 6.40. The normalized spacial score (nSPS) is 11.6. The van der Waals surface area contributed by atoms with Gasteiger partial charge >= 0.3 is 0 Å². The largest absolute Gasteiger partial charge is 0.497 e. The van der Waals surface area contributed by atoms with Crippen molar-refractivity contribution < 1.29 is 4.74 Å². The number of nitrogens with one attached hydrogen (secondary N) is 2. The van der Waals surface area contributed by atoms with Gasteiger partial charge in [-0.1, -0.05) is 26.0 Å². The third-order valence-corrected chi connectivity index (χ3v) is 4.25. The van der Waals surface area contributed by atoms with E-state index in [4.69, 9.17) is 4.74 Å². The van der Waals surface area contributed by atoms with Gasteiger partial charge in [0.05, 0.1) is 19.3 Å². The summed E-state index contributed by atoms with van der Waals surface area (Å²) in [6, 6.07) is 7.98. The van der Waals surface area contributed by atoms with E-state index in [0.717, 1.165) is 28.0 Å². The van der Waals surface area contributed by atoms with Crippen LogP contribution in [0.3, 0.4) is 0 Å². The number of hydrogen-bond donors (Lipinski definition) is 2. The van der Waals surface area contributed by atoms with Gasteiger partial charge in [-0.15, -0.1) is 11.3 Å². The lowest BCUT2D eigenvalue weighted by Crippen LogP contribution is -2.36. The molecule has 0 atom stereocenters. The van der Waals surface area contributed by atoms with Crippen molar-refractivity contribution in [1.82, 2.24) is 15.6 Å². The summed E-state index contributed by atoms with van der Waals surface area (Å²) in [7, 11) is 3.44. The molecule has 2 rings (SSSR count). The molecule has 0 amide bonds. The van der Waals surface area contributed by atoms with Crippen LogP contribution in [0.1, 0.15) is 36.0 Å². The Morgan fingerprint density at radius 1 is 1.30 bits per heavy atom. The van der Waals surface area contributed by atoms with Gasteiger partial charge in [0, 0.05) is 19.0 Å². The summed E-state index contributed by atoms with van der Waals surface area (Å²) < 4.78 is 5.23. The van der Waals surface area contributed by atoms with Crippen LogP contribution in [0, 0.1) is 0 Å². The lowest BCUT2D eigenvalue weighted by Gasteiger charge is -2.11. The van der Waals surface area contributed by atoms with E-state index in [1.807, 2.05) is 18.2 Å². The van der Waals surface area contributed by atoms with Crippen molar-refractivity contribution in [1.29, 1.82) is 0 Å². The van der Waals surface area contributed by atoms with Crippen molar-refractivity contribution in [2.75, 3.05) is 14.2 Å². The van der Waals surface area contributed by atoms with Gasteiger partial charge in [-0.25, -0.2) is 4.98 Å². The molecule has 0 aliphatic rings. The SMILES string of the molecule is CN=C(NCc1cccc(OC)c1)NCc1nc(C(C)C)cs1. The predicted molar refractivity (Wildman–Crippen MR) is 96.2 cm³/mol. The monoisotopic (exact) mass is 332 g/mol. The number of guanidine groups is 1. The lowest BCUT2D eigenvalue weighted by atomic mass is 10.2. The fourth-order valence-corrected chi connectivity index (χ4v) is 2.91. The first-order valence-electron chi connectivity index (χ1n) is 7.64.